The zero-order valence-corrected chi connectivity index (χ0v) is 31.9. The highest BCUT2D eigenvalue weighted by molar-refractivity contribution is 6.05. The van der Waals surface area contributed by atoms with E-state index in [1.165, 1.54) is 6.92 Å². The van der Waals surface area contributed by atoms with Crippen molar-refractivity contribution < 1.29 is 28.7 Å². The molecule has 17 heteroatoms. The number of anilines is 2. The van der Waals surface area contributed by atoms with Crippen LogP contribution in [0.5, 0.6) is 11.5 Å². The number of aromatic nitrogens is 8. The monoisotopic (exact) mass is 761 g/mol. The number of nitrogens with one attached hydrogen (secondary N) is 2. The number of nitrogens with zero attached hydrogens (tertiary/aromatic N) is 8. The van der Waals surface area contributed by atoms with E-state index in [0.29, 0.717) is 96.0 Å². The van der Waals surface area contributed by atoms with Crippen molar-refractivity contribution in [3.63, 3.8) is 0 Å². The third-order valence-corrected chi connectivity index (χ3v) is 10.4. The van der Waals surface area contributed by atoms with Crippen LogP contribution < -0.4 is 25.8 Å². The lowest BCUT2D eigenvalue weighted by Crippen LogP contribution is -2.27. The summed E-state index contributed by atoms with van der Waals surface area (Å²) in [4.78, 5) is 61.2. The van der Waals surface area contributed by atoms with Crippen molar-refractivity contribution in [2.45, 2.75) is 85.5 Å². The maximum absolute atomic E-state index is 13.6. The van der Waals surface area contributed by atoms with Crippen LogP contribution in [0.25, 0.3) is 22.1 Å². The number of aryl methyl sites for hydroxylation is 4. The molecule has 0 aliphatic carbocycles. The second-order valence-corrected chi connectivity index (χ2v) is 14.3. The highest BCUT2D eigenvalue weighted by Gasteiger charge is 2.32. The fourth-order valence-electron chi connectivity index (χ4n) is 7.82. The molecule has 0 fully saturated rings. The van der Waals surface area contributed by atoms with Crippen LogP contribution in [-0.2, 0) is 13.1 Å². The number of imidazole rings is 2. The van der Waals surface area contributed by atoms with E-state index in [-0.39, 0.29) is 35.2 Å². The van der Waals surface area contributed by atoms with Gasteiger partial charge in [-0.1, -0.05) is 12.8 Å². The van der Waals surface area contributed by atoms with Gasteiger partial charge in [0.15, 0.2) is 5.78 Å². The lowest BCUT2D eigenvalue weighted by molar-refractivity contribution is 0.0994. The molecular weight excluding hydrogens is 718 g/mol. The Morgan fingerprint density at radius 2 is 1.16 bits per heavy atom. The van der Waals surface area contributed by atoms with Gasteiger partial charge in [0, 0.05) is 24.2 Å². The number of primary amides is 1. The lowest BCUT2D eigenvalue weighted by atomic mass is 10.0. The molecule has 0 saturated carbocycles. The van der Waals surface area contributed by atoms with Crippen LogP contribution >= 0.6 is 0 Å². The topological polar surface area (TPSA) is 208 Å². The van der Waals surface area contributed by atoms with Gasteiger partial charge in [-0.05, 0) is 83.9 Å². The van der Waals surface area contributed by atoms with E-state index in [4.69, 9.17) is 25.2 Å². The fraction of sp³-hybridized carbons (Fsp3) is 0.385. The number of unbranched alkanes of at least 4 members (excludes halogenated alkanes) is 1. The maximum Gasteiger partial charge on any atom is 0.276 e. The molecule has 2 aliphatic rings. The first-order valence-electron chi connectivity index (χ1n) is 18.8. The van der Waals surface area contributed by atoms with E-state index < -0.39 is 5.91 Å². The molecule has 17 nitrogen and oxygen atoms in total. The van der Waals surface area contributed by atoms with Crippen molar-refractivity contribution in [1.82, 2.24) is 38.7 Å². The number of Topliss-reactive ketones (excluding diaryl/α,β-unsaturated/α-hetero) is 1. The Bertz CT molecular complexity index is 2400. The molecular formula is C39H43N11O6. The smallest absolute Gasteiger partial charge is 0.276 e. The van der Waals surface area contributed by atoms with Crippen LogP contribution in [0.15, 0.2) is 36.4 Å². The molecule has 0 spiro atoms. The molecule has 0 radical (unpaired) electrons. The number of carbonyl (C=O) groups excluding carboxylic acids is 4. The molecule has 8 rings (SSSR count). The average Bonchev–Trinajstić information content (AvgIpc) is 3.95. The zero-order valence-electron chi connectivity index (χ0n) is 31.9. The number of amides is 3. The van der Waals surface area contributed by atoms with Crippen LogP contribution in [0.1, 0.15) is 112 Å². The van der Waals surface area contributed by atoms with Gasteiger partial charge in [0.2, 0.25) is 17.8 Å². The lowest BCUT2D eigenvalue weighted by Gasteiger charge is -2.29. The number of ketones is 1. The number of hydrogen-bond donors (Lipinski definition) is 3. The van der Waals surface area contributed by atoms with Gasteiger partial charge in [-0.2, -0.15) is 10.2 Å². The first-order chi connectivity index (χ1) is 26.9. The van der Waals surface area contributed by atoms with Crippen LogP contribution in [0, 0.1) is 13.8 Å². The highest BCUT2D eigenvalue weighted by Crippen LogP contribution is 2.41. The van der Waals surface area contributed by atoms with Gasteiger partial charge >= 0.3 is 0 Å². The molecule has 290 valence electrons. The van der Waals surface area contributed by atoms with Crippen LogP contribution in [0.4, 0.5) is 11.9 Å². The summed E-state index contributed by atoms with van der Waals surface area (Å²) < 4.78 is 19.7. The van der Waals surface area contributed by atoms with Gasteiger partial charge < -0.3 is 24.3 Å². The average molecular weight is 762 g/mol. The number of ether oxygens (including phenoxy) is 2. The summed E-state index contributed by atoms with van der Waals surface area (Å²) in [6.45, 7) is 10.7. The predicted octanol–water partition coefficient (Wildman–Crippen LogP) is 5.37. The SMILES string of the molecule is CCn1nc(C)cc1C(=O)Nc1nc2cc(C(C)=O)cc3c2n1[C@@H](CCCC[C@H]1COc2cc(C(N)=O)cc4nc(NC(=O)c5cc(C)nn5CC)n1c24)CO3. The Morgan fingerprint density at radius 3 is 1.59 bits per heavy atom. The molecule has 0 saturated heterocycles. The Hall–Kier alpha value is -6.52. The summed E-state index contributed by atoms with van der Waals surface area (Å²) >= 11 is 0. The second kappa shape index (κ2) is 14.3. The Morgan fingerprint density at radius 1 is 0.714 bits per heavy atom. The minimum atomic E-state index is -0.606. The number of nitrogens with two attached hydrogens (primary N) is 1. The number of hydrogen-bond acceptors (Lipinski definition) is 10. The van der Waals surface area contributed by atoms with E-state index in [2.05, 4.69) is 20.8 Å². The van der Waals surface area contributed by atoms with E-state index in [1.807, 2.05) is 36.8 Å². The normalized spacial score (nSPS) is 15.8. The van der Waals surface area contributed by atoms with Crippen LogP contribution in [0.2, 0.25) is 0 Å². The van der Waals surface area contributed by atoms with Gasteiger partial charge in [-0.15, -0.1) is 0 Å². The maximum atomic E-state index is 13.6. The van der Waals surface area contributed by atoms with E-state index in [1.54, 1.807) is 45.8 Å². The summed E-state index contributed by atoms with van der Waals surface area (Å²) in [5, 5.41) is 14.9. The minimum Gasteiger partial charge on any atom is -0.489 e. The molecule has 56 heavy (non-hydrogen) atoms. The summed E-state index contributed by atoms with van der Waals surface area (Å²) in [7, 11) is 0. The summed E-state index contributed by atoms with van der Waals surface area (Å²) in [5.74, 6) is 0.321. The van der Waals surface area contributed by atoms with Gasteiger partial charge in [0.1, 0.15) is 47.1 Å². The Labute approximate surface area is 321 Å². The molecule has 0 bridgehead atoms. The molecule has 2 atom stereocenters. The van der Waals surface area contributed by atoms with E-state index in [9.17, 15) is 19.2 Å². The first-order valence-corrected chi connectivity index (χ1v) is 18.8. The highest BCUT2D eigenvalue weighted by atomic mass is 16.5. The minimum absolute atomic E-state index is 0.112. The van der Waals surface area contributed by atoms with Crippen molar-refractivity contribution in [2.24, 2.45) is 5.73 Å². The number of carbonyl (C=O) groups is 4. The van der Waals surface area contributed by atoms with E-state index >= 15 is 0 Å². The summed E-state index contributed by atoms with van der Waals surface area (Å²) in [6, 6.07) is 9.80. The van der Waals surface area contributed by atoms with Gasteiger partial charge in [-0.3, -0.25) is 39.2 Å². The molecule has 6 heterocycles. The molecule has 4 aromatic heterocycles. The third-order valence-electron chi connectivity index (χ3n) is 10.4. The van der Waals surface area contributed by atoms with Gasteiger partial charge in [-0.25, -0.2) is 9.97 Å². The largest absolute Gasteiger partial charge is 0.489 e. The van der Waals surface area contributed by atoms with E-state index in [0.717, 1.165) is 29.7 Å². The van der Waals surface area contributed by atoms with Crippen molar-refractivity contribution in [3.05, 3.63) is 70.3 Å². The molecule has 3 amide bonds. The van der Waals surface area contributed by atoms with Gasteiger partial charge in [0.05, 0.1) is 34.5 Å². The third kappa shape index (κ3) is 6.41. The predicted molar refractivity (Wildman–Crippen MR) is 207 cm³/mol. The molecule has 0 unspecified atom stereocenters. The Balaban J connectivity index is 1.05. The molecule has 6 aromatic rings. The van der Waals surface area contributed by atoms with Crippen LogP contribution in [0.3, 0.4) is 0 Å². The number of rotatable bonds is 13. The number of benzene rings is 2. The zero-order chi connectivity index (χ0) is 39.4. The molecule has 2 aliphatic heterocycles. The quantitative estimate of drug-likeness (QED) is 0.101. The fourth-order valence-corrected chi connectivity index (χ4v) is 7.82. The standard InChI is InChI=1S/C39H43N11O6/c1-6-47-29(12-20(3)45-47)36(53)43-38-41-27-14-23(22(5)51)16-31-33(27)49(38)25(18-55-31)10-8-9-11-26-19-56-32-17-24(35(40)52)15-28-34(32)50(26)39(42-28)44-37(54)30-13-21(4)46-48(30)7-2/h12-17,25-26H,6-11,18-19H2,1-5H3,(H2,40,52)(H,41,43,53)(H,42,44,54)/t25-,26-/m0/s1. The first kappa shape index (κ1) is 36.5. The molecule has 4 N–H and O–H groups in total. The van der Waals surface area contributed by atoms with Gasteiger partial charge in [0.25, 0.3) is 11.8 Å². The molecule has 2 aromatic carbocycles. The second-order valence-electron chi connectivity index (χ2n) is 14.3. The summed E-state index contributed by atoms with van der Waals surface area (Å²) in [6.07, 6.45) is 2.94. The van der Waals surface area contributed by atoms with Crippen molar-refractivity contribution >= 4 is 57.5 Å². The van der Waals surface area contributed by atoms with Crippen molar-refractivity contribution in [3.8, 4) is 11.5 Å². The summed E-state index contributed by atoms with van der Waals surface area (Å²) in [5.41, 5.74) is 11.1. The van der Waals surface area contributed by atoms with Crippen molar-refractivity contribution in [1.29, 1.82) is 0 Å². The Kier molecular flexibility index (Phi) is 9.30. The van der Waals surface area contributed by atoms with Crippen LogP contribution in [-0.4, -0.2) is 75.4 Å². The van der Waals surface area contributed by atoms with Crippen molar-refractivity contribution in [2.75, 3.05) is 23.8 Å².